The van der Waals surface area contributed by atoms with Crippen molar-refractivity contribution in [2.24, 2.45) is 11.3 Å². The summed E-state index contributed by atoms with van der Waals surface area (Å²) in [6, 6.07) is 8.45. The van der Waals surface area contributed by atoms with E-state index in [0.29, 0.717) is 5.25 Å². The third-order valence-electron chi connectivity index (χ3n) is 6.60. The standard InChI is InChI=1S/C26H33N3S/c1-4-26-16-21(17-27)25(28-23-10-8-19(2)9-11-23)15-22(26)12-13-29(18-26)30-24-7-5-6-20(3)14-24/h4-5,7-11,15,17,20,24,27-28H,1,6,12-14,16,18H2,2-3H3. The molecule has 3 atom stereocenters. The maximum Gasteiger partial charge on any atom is 0.0432 e. The predicted molar refractivity (Wildman–Crippen MR) is 131 cm³/mol. The fraction of sp³-hybridized carbons (Fsp3) is 0.423. The lowest BCUT2D eigenvalue weighted by molar-refractivity contribution is 0.276. The van der Waals surface area contributed by atoms with Gasteiger partial charge in [0, 0.05) is 41.4 Å². The zero-order valence-electron chi connectivity index (χ0n) is 18.2. The minimum Gasteiger partial charge on any atom is -0.355 e. The molecule has 3 nitrogen and oxygen atoms in total. The number of aryl methyl sites for hydroxylation is 1. The highest BCUT2D eigenvalue weighted by molar-refractivity contribution is 7.97. The van der Waals surface area contributed by atoms with Crippen LogP contribution in [0.4, 0.5) is 5.69 Å². The van der Waals surface area contributed by atoms with Crippen molar-refractivity contribution < 1.29 is 0 Å². The lowest BCUT2D eigenvalue weighted by atomic mass is 9.69. The van der Waals surface area contributed by atoms with Crippen LogP contribution in [0.25, 0.3) is 0 Å². The van der Waals surface area contributed by atoms with E-state index < -0.39 is 0 Å². The number of rotatable bonds is 6. The predicted octanol–water partition coefficient (Wildman–Crippen LogP) is 6.52. The average Bonchev–Trinajstić information content (AvgIpc) is 2.75. The Morgan fingerprint density at radius 1 is 1.30 bits per heavy atom. The van der Waals surface area contributed by atoms with Crippen molar-refractivity contribution >= 4 is 23.8 Å². The van der Waals surface area contributed by atoms with Crippen molar-refractivity contribution in [3.63, 3.8) is 0 Å². The van der Waals surface area contributed by atoms with E-state index in [9.17, 15) is 0 Å². The number of nitrogens with zero attached hydrogens (tertiary/aromatic N) is 1. The van der Waals surface area contributed by atoms with Crippen LogP contribution in [-0.4, -0.2) is 28.9 Å². The lowest BCUT2D eigenvalue weighted by Gasteiger charge is -2.46. The van der Waals surface area contributed by atoms with Gasteiger partial charge in [-0.25, -0.2) is 4.31 Å². The fourth-order valence-electron chi connectivity index (χ4n) is 4.78. The van der Waals surface area contributed by atoms with Gasteiger partial charge in [0.2, 0.25) is 0 Å². The molecule has 0 amide bonds. The van der Waals surface area contributed by atoms with Crippen LogP contribution in [0.3, 0.4) is 0 Å². The van der Waals surface area contributed by atoms with Gasteiger partial charge < -0.3 is 10.7 Å². The number of anilines is 1. The van der Waals surface area contributed by atoms with Gasteiger partial charge in [-0.15, -0.1) is 6.58 Å². The topological polar surface area (TPSA) is 39.1 Å². The van der Waals surface area contributed by atoms with E-state index in [1.165, 1.54) is 30.2 Å². The van der Waals surface area contributed by atoms with Gasteiger partial charge >= 0.3 is 0 Å². The van der Waals surface area contributed by atoms with E-state index >= 15 is 0 Å². The van der Waals surface area contributed by atoms with Crippen LogP contribution in [0.2, 0.25) is 0 Å². The summed E-state index contributed by atoms with van der Waals surface area (Å²) in [5.74, 6) is 0.777. The Labute approximate surface area is 185 Å². The Morgan fingerprint density at radius 3 is 2.80 bits per heavy atom. The van der Waals surface area contributed by atoms with Crippen LogP contribution in [0.15, 0.2) is 72.0 Å². The smallest absolute Gasteiger partial charge is 0.0432 e. The number of piperidine rings is 1. The summed E-state index contributed by atoms with van der Waals surface area (Å²) >= 11 is 2.01. The molecule has 1 saturated heterocycles. The summed E-state index contributed by atoms with van der Waals surface area (Å²) < 4.78 is 2.55. The highest BCUT2D eigenvalue weighted by Crippen LogP contribution is 2.47. The first-order valence-corrected chi connectivity index (χ1v) is 11.9. The zero-order valence-corrected chi connectivity index (χ0v) is 19.0. The van der Waals surface area contributed by atoms with Crippen molar-refractivity contribution in [3.8, 4) is 0 Å². The Hall–Kier alpha value is -2.04. The Bertz CT molecular complexity index is 895. The first-order chi connectivity index (χ1) is 14.5. The molecule has 4 heteroatoms. The van der Waals surface area contributed by atoms with Crippen LogP contribution < -0.4 is 5.32 Å². The Kier molecular flexibility index (Phi) is 6.35. The highest BCUT2D eigenvalue weighted by atomic mass is 32.2. The van der Waals surface area contributed by atoms with Gasteiger partial charge in [0.1, 0.15) is 0 Å². The monoisotopic (exact) mass is 419 g/mol. The minimum atomic E-state index is -0.0689. The quantitative estimate of drug-likeness (QED) is 0.313. The van der Waals surface area contributed by atoms with Gasteiger partial charge in [-0.1, -0.05) is 60.4 Å². The van der Waals surface area contributed by atoms with Crippen LogP contribution in [0.1, 0.15) is 38.2 Å². The van der Waals surface area contributed by atoms with Crippen molar-refractivity contribution in [3.05, 3.63) is 77.6 Å². The first-order valence-electron chi connectivity index (χ1n) is 11.0. The van der Waals surface area contributed by atoms with Crippen LogP contribution in [-0.2, 0) is 0 Å². The van der Waals surface area contributed by atoms with Crippen LogP contribution in [0.5, 0.6) is 0 Å². The maximum absolute atomic E-state index is 8.06. The molecule has 0 saturated carbocycles. The Balaban J connectivity index is 1.52. The summed E-state index contributed by atoms with van der Waals surface area (Å²) in [5.41, 5.74) is 5.82. The van der Waals surface area contributed by atoms with Gasteiger partial charge in [0.25, 0.3) is 0 Å². The molecule has 4 rings (SSSR count). The maximum atomic E-state index is 8.06. The molecule has 1 aliphatic heterocycles. The second kappa shape index (κ2) is 8.99. The van der Waals surface area contributed by atoms with E-state index in [1.807, 2.05) is 11.9 Å². The summed E-state index contributed by atoms with van der Waals surface area (Å²) in [7, 11) is 0. The van der Waals surface area contributed by atoms with E-state index in [1.54, 1.807) is 0 Å². The number of allylic oxidation sites excluding steroid dienone is 3. The third-order valence-corrected chi connectivity index (χ3v) is 7.83. The molecule has 0 radical (unpaired) electrons. The van der Waals surface area contributed by atoms with Crippen molar-refractivity contribution in [1.82, 2.24) is 4.31 Å². The second-order valence-corrected chi connectivity index (χ2v) is 10.4. The first kappa shape index (κ1) is 21.2. The van der Waals surface area contributed by atoms with Gasteiger partial charge in [0.15, 0.2) is 0 Å². The molecular weight excluding hydrogens is 386 g/mol. The van der Waals surface area contributed by atoms with Crippen LogP contribution >= 0.6 is 11.9 Å². The highest BCUT2D eigenvalue weighted by Gasteiger charge is 2.41. The van der Waals surface area contributed by atoms with Gasteiger partial charge in [0.05, 0.1) is 0 Å². The molecule has 3 unspecified atom stereocenters. The molecule has 2 N–H and O–H groups in total. The summed E-state index contributed by atoms with van der Waals surface area (Å²) in [5, 5.41) is 12.2. The molecule has 0 aromatic heterocycles. The van der Waals surface area contributed by atoms with Crippen molar-refractivity contribution in [2.45, 2.75) is 44.8 Å². The zero-order chi connectivity index (χ0) is 21.1. The number of nitrogens with one attached hydrogen (secondary N) is 2. The molecule has 0 bridgehead atoms. The molecule has 1 aromatic rings. The third kappa shape index (κ3) is 4.50. The number of hydrogen-bond donors (Lipinski definition) is 2. The lowest BCUT2D eigenvalue weighted by Crippen LogP contribution is -2.43. The van der Waals surface area contributed by atoms with Crippen molar-refractivity contribution in [1.29, 1.82) is 5.41 Å². The molecule has 1 fully saturated rings. The van der Waals surface area contributed by atoms with Gasteiger partial charge in [-0.3, -0.25) is 0 Å². The number of hydrogen-bond acceptors (Lipinski definition) is 4. The van der Waals surface area contributed by atoms with E-state index in [2.05, 4.69) is 78.6 Å². The molecule has 30 heavy (non-hydrogen) atoms. The molecule has 0 spiro atoms. The minimum absolute atomic E-state index is 0.0689. The second-order valence-electron chi connectivity index (χ2n) is 9.04. The van der Waals surface area contributed by atoms with Crippen molar-refractivity contribution in [2.75, 3.05) is 18.4 Å². The number of fused-ring (bicyclic) bond motifs is 1. The van der Waals surface area contributed by atoms with Crippen LogP contribution in [0, 0.1) is 23.7 Å². The van der Waals surface area contributed by atoms with E-state index in [4.69, 9.17) is 5.41 Å². The summed E-state index contributed by atoms with van der Waals surface area (Å²) in [6.45, 7) is 10.7. The Morgan fingerprint density at radius 2 is 2.10 bits per heavy atom. The summed E-state index contributed by atoms with van der Waals surface area (Å²) in [4.78, 5) is 0. The van der Waals surface area contributed by atoms with Gasteiger partial charge in [-0.05, 0) is 62.3 Å². The molecule has 158 valence electrons. The SMILES string of the molecule is C=CC12CC(C=N)=C(Nc3ccc(C)cc3)C=C1CCN(SC1C=CCC(C)C1)C2. The fourth-order valence-corrected chi connectivity index (χ4v) is 6.26. The molecular formula is C26H33N3S. The molecule has 2 aliphatic carbocycles. The van der Waals surface area contributed by atoms with Gasteiger partial charge in [-0.2, -0.15) is 0 Å². The normalized spacial score (nSPS) is 29.2. The molecule has 3 aliphatic rings. The van der Waals surface area contributed by atoms with E-state index in [0.717, 1.165) is 48.8 Å². The molecule has 1 heterocycles. The largest absolute Gasteiger partial charge is 0.355 e. The summed E-state index contributed by atoms with van der Waals surface area (Å²) in [6.07, 6.45) is 15.1. The number of benzene rings is 1. The molecule has 1 aromatic carbocycles. The van der Waals surface area contributed by atoms with E-state index in [-0.39, 0.29) is 5.41 Å². The average molecular weight is 420 g/mol.